The average Bonchev–Trinajstić information content (AvgIpc) is 1.98. The molecule has 1 N–H and O–H groups in total. The Kier molecular flexibility index (Phi) is 3.43. The Morgan fingerprint density at radius 1 is 1.75 bits per heavy atom. The van der Waals surface area contributed by atoms with Crippen molar-refractivity contribution in [3.8, 4) is 6.07 Å². The van der Waals surface area contributed by atoms with Crippen molar-refractivity contribution in [2.24, 2.45) is 0 Å². The van der Waals surface area contributed by atoms with Crippen LogP contribution in [0.3, 0.4) is 0 Å². The molecule has 0 rings (SSSR count). The van der Waals surface area contributed by atoms with Gasteiger partial charge in [0.25, 0.3) is 0 Å². The van der Waals surface area contributed by atoms with Gasteiger partial charge in [-0.3, -0.25) is 0 Å². The summed E-state index contributed by atoms with van der Waals surface area (Å²) in [5.41, 5.74) is 0. The standard InChI is InChI=1S/C7H11NO3S/c1-3-4-7(5-8,6-9)12(2,10)11/h3,9H,1,4,6H2,2H3/t7-/m0/s1. The number of hydrogen-bond acceptors (Lipinski definition) is 4. The van der Waals surface area contributed by atoms with Crippen LogP contribution in [0, 0.1) is 11.3 Å². The van der Waals surface area contributed by atoms with Gasteiger partial charge in [0.15, 0.2) is 14.6 Å². The number of nitriles is 1. The monoisotopic (exact) mass is 189 g/mol. The maximum Gasteiger partial charge on any atom is 0.184 e. The number of rotatable bonds is 4. The summed E-state index contributed by atoms with van der Waals surface area (Å²) in [6.07, 6.45) is 2.18. The van der Waals surface area contributed by atoms with Crippen molar-refractivity contribution in [3.05, 3.63) is 12.7 Å². The van der Waals surface area contributed by atoms with Crippen LogP contribution in [-0.4, -0.2) is 31.1 Å². The van der Waals surface area contributed by atoms with Gasteiger partial charge < -0.3 is 5.11 Å². The van der Waals surface area contributed by atoms with E-state index in [0.29, 0.717) is 0 Å². The summed E-state index contributed by atoms with van der Waals surface area (Å²) in [7, 11) is -3.57. The number of aliphatic hydroxyl groups is 1. The Bertz CT molecular complexity index is 301. The van der Waals surface area contributed by atoms with Gasteiger partial charge in [0.1, 0.15) is 0 Å². The van der Waals surface area contributed by atoms with E-state index in [1.807, 2.05) is 0 Å². The lowest BCUT2D eigenvalue weighted by Crippen LogP contribution is -2.39. The summed E-state index contributed by atoms with van der Waals surface area (Å²) in [6, 6.07) is 1.60. The Hall–Kier alpha value is -0.860. The molecule has 0 spiro atoms. The second-order valence-electron chi connectivity index (χ2n) is 2.53. The maximum absolute atomic E-state index is 11.1. The highest BCUT2D eigenvalue weighted by atomic mass is 32.2. The van der Waals surface area contributed by atoms with E-state index in [0.717, 1.165) is 6.26 Å². The molecule has 0 radical (unpaired) electrons. The zero-order valence-electron chi connectivity index (χ0n) is 6.82. The van der Waals surface area contributed by atoms with Crippen LogP contribution in [0.2, 0.25) is 0 Å². The molecule has 0 fully saturated rings. The third-order valence-electron chi connectivity index (χ3n) is 1.64. The Morgan fingerprint density at radius 2 is 2.25 bits per heavy atom. The number of nitrogens with zero attached hydrogens (tertiary/aromatic N) is 1. The van der Waals surface area contributed by atoms with E-state index in [1.54, 1.807) is 6.07 Å². The van der Waals surface area contributed by atoms with Gasteiger partial charge in [0.05, 0.1) is 12.7 Å². The molecule has 0 saturated carbocycles. The van der Waals surface area contributed by atoms with Gasteiger partial charge in [-0.1, -0.05) is 6.08 Å². The fourth-order valence-electron chi connectivity index (χ4n) is 0.730. The summed E-state index contributed by atoms with van der Waals surface area (Å²) in [5.74, 6) is 0. The Labute approximate surface area is 72.1 Å². The van der Waals surface area contributed by atoms with Crippen LogP contribution >= 0.6 is 0 Å². The zero-order chi connectivity index (χ0) is 9.83. The first-order valence-electron chi connectivity index (χ1n) is 3.26. The van der Waals surface area contributed by atoms with E-state index in [1.165, 1.54) is 6.08 Å². The molecule has 0 unspecified atom stereocenters. The van der Waals surface area contributed by atoms with E-state index < -0.39 is 21.2 Å². The van der Waals surface area contributed by atoms with E-state index in [9.17, 15) is 8.42 Å². The van der Waals surface area contributed by atoms with Crippen LogP contribution in [0.1, 0.15) is 6.42 Å². The van der Waals surface area contributed by atoms with Crippen molar-refractivity contribution in [3.63, 3.8) is 0 Å². The number of hydrogen-bond donors (Lipinski definition) is 1. The number of aliphatic hydroxyl groups excluding tert-OH is 1. The molecule has 0 aliphatic heterocycles. The second-order valence-corrected chi connectivity index (χ2v) is 4.85. The predicted octanol–water partition coefficient (Wildman–Crippen LogP) is -0.138. The molecule has 68 valence electrons. The molecule has 12 heavy (non-hydrogen) atoms. The molecule has 0 aliphatic rings. The van der Waals surface area contributed by atoms with Gasteiger partial charge in [-0.15, -0.1) is 6.58 Å². The van der Waals surface area contributed by atoms with Gasteiger partial charge >= 0.3 is 0 Å². The first kappa shape index (κ1) is 11.1. The lowest BCUT2D eigenvalue weighted by atomic mass is 10.1. The normalized spacial score (nSPS) is 16.1. The highest BCUT2D eigenvalue weighted by Crippen LogP contribution is 2.19. The minimum absolute atomic E-state index is 0.0567. The highest BCUT2D eigenvalue weighted by molar-refractivity contribution is 7.92. The molecule has 4 nitrogen and oxygen atoms in total. The molecular weight excluding hydrogens is 178 g/mol. The topological polar surface area (TPSA) is 78.2 Å². The molecule has 0 amide bonds. The summed E-state index contributed by atoms with van der Waals surface area (Å²) in [6.45, 7) is 2.63. The van der Waals surface area contributed by atoms with Crippen LogP contribution in [0.15, 0.2) is 12.7 Å². The smallest absolute Gasteiger partial charge is 0.184 e. The first-order valence-corrected chi connectivity index (χ1v) is 5.15. The Balaban J connectivity index is 5.14. The lowest BCUT2D eigenvalue weighted by Gasteiger charge is -2.19. The summed E-state index contributed by atoms with van der Waals surface area (Å²) >= 11 is 0. The van der Waals surface area contributed by atoms with Crippen molar-refractivity contribution in [1.82, 2.24) is 0 Å². The molecule has 0 aliphatic carbocycles. The largest absolute Gasteiger partial charge is 0.394 e. The molecule has 0 saturated heterocycles. The maximum atomic E-state index is 11.1. The van der Waals surface area contributed by atoms with Gasteiger partial charge in [-0.05, 0) is 0 Å². The van der Waals surface area contributed by atoms with Crippen molar-refractivity contribution in [2.75, 3.05) is 12.9 Å². The molecule has 1 atom stereocenters. The minimum atomic E-state index is -3.57. The number of allylic oxidation sites excluding steroid dienone is 1. The summed E-state index contributed by atoms with van der Waals surface area (Å²) in [4.78, 5) is 0. The van der Waals surface area contributed by atoms with E-state index in [-0.39, 0.29) is 6.42 Å². The SMILES string of the molecule is C=CC[C@](C#N)(CO)S(C)(=O)=O. The van der Waals surface area contributed by atoms with Crippen molar-refractivity contribution >= 4 is 9.84 Å². The summed E-state index contributed by atoms with van der Waals surface area (Å²) in [5, 5.41) is 17.4. The predicted molar refractivity (Wildman–Crippen MR) is 45.1 cm³/mol. The van der Waals surface area contributed by atoms with Crippen LogP contribution in [0.4, 0.5) is 0 Å². The second kappa shape index (κ2) is 3.70. The van der Waals surface area contributed by atoms with E-state index >= 15 is 0 Å². The van der Waals surface area contributed by atoms with Gasteiger partial charge in [0.2, 0.25) is 0 Å². The highest BCUT2D eigenvalue weighted by Gasteiger charge is 2.39. The van der Waals surface area contributed by atoms with Crippen molar-refractivity contribution in [2.45, 2.75) is 11.2 Å². The molecule has 0 aromatic rings. The molecule has 0 aromatic heterocycles. The molecule has 0 aromatic carbocycles. The van der Waals surface area contributed by atoms with Gasteiger partial charge in [-0.25, -0.2) is 8.42 Å². The molecule has 5 heteroatoms. The molecule has 0 bridgehead atoms. The fraction of sp³-hybridized carbons (Fsp3) is 0.571. The third kappa shape index (κ3) is 1.84. The minimum Gasteiger partial charge on any atom is -0.394 e. The third-order valence-corrected chi connectivity index (χ3v) is 3.45. The van der Waals surface area contributed by atoms with E-state index in [4.69, 9.17) is 10.4 Å². The Morgan fingerprint density at radius 3 is 2.33 bits per heavy atom. The van der Waals surface area contributed by atoms with Crippen LogP contribution < -0.4 is 0 Å². The van der Waals surface area contributed by atoms with Gasteiger partial charge in [-0.2, -0.15) is 5.26 Å². The van der Waals surface area contributed by atoms with Crippen LogP contribution in [0.25, 0.3) is 0 Å². The van der Waals surface area contributed by atoms with Crippen molar-refractivity contribution in [1.29, 1.82) is 5.26 Å². The lowest BCUT2D eigenvalue weighted by molar-refractivity contribution is 0.266. The number of sulfone groups is 1. The molecule has 0 heterocycles. The quantitative estimate of drug-likeness (QED) is 0.624. The van der Waals surface area contributed by atoms with Crippen LogP contribution in [-0.2, 0) is 9.84 Å². The fourth-order valence-corrected chi connectivity index (χ4v) is 1.55. The van der Waals surface area contributed by atoms with Crippen molar-refractivity contribution < 1.29 is 13.5 Å². The summed E-state index contributed by atoms with van der Waals surface area (Å²) < 4.78 is 20.4. The van der Waals surface area contributed by atoms with Gasteiger partial charge in [0, 0.05) is 12.7 Å². The van der Waals surface area contributed by atoms with Crippen LogP contribution in [0.5, 0.6) is 0 Å². The average molecular weight is 189 g/mol. The van der Waals surface area contributed by atoms with E-state index in [2.05, 4.69) is 6.58 Å². The first-order chi connectivity index (χ1) is 5.43. The molecular formula is C7H11NO3S. The zero-order valence-corrected chi connectivity index (χ0v) is 7.63.